The van der Waals surface area contributed by atoms with Crippen LogP contribution in [0.1, 0.15) is 51.1 Å². The molecule has 0 radical (unpaired) electrons. The molecule has 1 aliphatic heterocycles. The molecule has 27 heavy (non-hydrogen) atoms. The predicted octanol–water partition coefficient (Wildman–Crippen LogP) is 4.59. The molecule has 0 atom stereocenters. The van der Waals surface area contributed by atoms with Crippen LogP contribution >= 0.6 is 11.3 Å². The van der Waals surface area contributed by atoms with Gasteiger partial charge in [0.1, 0.15) is 5.69 Å². The Balaban J connectivity index is 1.64. The summed E-state index contributed by atoms with van der Waals surface area (Å²) < 4.78 is 0.948. The van der Waals surface area contributed by atoms with Crippen molar-refractivity contribution < 1.29 is 9.59 Å². The summed E-state index contributed by atoms with van der Waals surface area (Å²) in [5, 5.41) is 2.99. The molecule has 6 heteroatoms. The topological polar surface area (TPSA) is 65.2 Å². The molecule has 1 aliphatic rings. The highest BCUT2D eigenvalue weighted by Gasteiger charge is 2.26. The van der Waals surface area contributed by atoms with Gasteiger partial charge in [-0.1, -0.05) is 25.1 Å². The molecule has 1 fully saturated rings. The highest BCUT2D eigenvalue weighted by molar-refractivity contribution is 7.19. The van der Waals surface area contributed by atoms with Gasteiger partial charge in [0.15, 0.2) is 0 Å². The van der Waals surface area contributed by atoms with E-state index in [2.05, 4.69) is 17.2 Å². The number of benzene rings is 1. The number of amides is 2. The van der Waals surface area contributed by atoms with E-state index >= 15 is 0 Å². The number of likely N-dealkylation sites (tertiary alicyclic amines) is 1. The lowest BCUT2D eigenvalue weighted by Gasteiger charge is -2.15. The van der Waals surface area contributed by atoms with E-state index in [1.165, 1.54) is 0 Å². The Morgan fingerprint density at radius 1 is 1.22 bits per heavy atom. The standard InChI is InChI=1S/C21H23N3O2S/c1-3-14-8-4-5-9-15(14)23-20(25)16-12-17-19(22-16)18(13(2)27-17)21(26)24-10-6-7-11-24/h4-5,8-9,12,22H,3,6-7,10-11H2,1-2H3,(H,23,25). The second-order valence-corrected chi connectivity index (χ2v) is 8.18. The van der Waals surface area contributed by atoms with Crippen molar-refractivity contribution in [1.82, 2.24) is 9.88 Å². The molecule has 3 aromatic rings. The van der Waals surface area contributed by atoms with E-state index in [0.717, 1.165) is 58.7 Å². The van der Waals surface area contributed by atoms with Gasteiger partial charge in [-0.3, -0.25) is 9.59 Å². The lowest BCUT2D eigenvalue weighted by Crippen LogP contribution is -2.27. The van der Waals surface area contributed by atoms with E-state index in [9.17, 15) is 9.59 Å². The normalized spacial score (nSPS) is 14.1. The molecule has 2 N–H and O–H groups in total. The average Bonchev–Trinajstić information content (AvgIpc) is 3.37. The first-order valence-corrected chi connectivity index (χ1v) is 10.2. The maximum absolute atomic E-state index is 12.9. The number of carbonyl (C=O) groups is 2. The van der Waals surface area contributed by atoms with Crippen LogP contribution in [0.25, 0.3) is 10.2 Å². The molecule has 0 unspecified atom stereocenters. The molecule has 3 heterocycles. The van der Waals surface area contributed by atoms with Crippen molar-refractivity contribution >= 4 is 39.1 Å². The SMILES string of the molecule is CCc1ccccc1NC(=O)c1cc2sc(C)c(C(=O)N3CCCC3)c2[nH]1. The van der Waals surface area contributed by atoms with Gasteiger partial charge in [-0.2, -0.15) is 0 Å². The summed E-state index contributed by atoms with van der Waals surface area (Å²) >= 11 is 1.56. The Morgan fingerprint density at radius 2 is 1.96 bits per heavy atom. The Bertz CT molecular complexity index is 1010. The van der Waals surface area contributed by atoms with E-state index in [-0.39, 0.29) is 11.8 Å². The summed E-state index contributed by atoms with van der Waals surface area (Å²) in [6.07, 6.45) is 2.98. The van der Waals surface area contributed by atoms with Crippen molar-refractivity contribution in [2.24, 2.45) is 0 Å². The minimum absolute atomic E-state index is 0.0707. The van der Waals surface area contributed by atoms with Crippen molar-refractivity contribution in [3.05, 3.63) is 52.0 Å². The molecule has 2 amide bonds. The fourth-order valence-corrected chi connectivity index (χ4v) is 4.75. The van der Waals surface area contributed by atoms with Crippen molar-refractivity contribution in [3.8, 4) is 0 Å². The summed E-state index contributed by atoms with van der Waals surface area (Å²) in [7, 11) is 0. The highest BCUT2D eigenvalue weighted by atomic mass is 32.1. The number of H-pyrrole nitrogens is 1. The van der Waals surface area contributed by atoms with Gasteiger partial charge in [0.25, 0.3) is 11.8 Å². The molecular formula is C21H23N3O2S. The first-order chi connectivity index (χ1) is 13.1. The zero-order chi connectivity index (χ0) is 19.0. The number of fused-ring (bicyclic) bond motifs is 1. The van der Waals surface area contributed by atoms with Crippen molar-refractivity contribution in [1.29, 1.82) is 0 Å². The average molecular weight is 382 g/mol. The van der Waals surface area contributed by atoms with E-state index < -0.39 is 0 Å². The molecule has 0 spiro atoms. The highest BCUT2D eigenvalue weighted by Crippen LogP contribution is 2.33. The summed E-state index contributed by atoms with van der Waals surface area (Å²) in [5.74, 6) is -0.113. The maximum Gasteiger partial charge on any atom is 0.272 e. The molecule has 5 nitrogen and oxygen atoms in total. The number of carbonyl (C=O) groups excluding carboxylic acids is 2. The lowest BCUT2D eigenvalue weighted by atomic mass is 10.1. The first kappa shape index (κ1) is 17.8. The zero-order valence-electron chi connectivity index (χ0n) is 15.6. The Kier molecular flexibility index (Phi) is 4.74. The Labute approximate surface area is 162 Å². The van der Waals surface area contributed by atoms with Crippen LogP contribution in [0.2, 0.25) is 0 Å². The molecule has 0 aliphatic carbocycles. The van der Waals surface area contributed by atoms with Crippen LogP contribution in [0, 0.1) is 6.92 Å². The van der Waals surface area contributed by atoms with E-state index in [4.69, 9.17) is 0 Å². The number of thiophene rings is 1. The second kappa shape index (κ2) is 7.19. The van der Waals surface area contributed by atoms with Gasteiger partial charge in [0.2, 0.25) is 0 Å². The van der Waals surface area contributed by atoms with Crippen molar-refractivity contribution in [3.63, 3.8) is 0 Å². The fourth-order valence-electron chi connectivity index (χ4n) is 3.69. The maximum atomic E-state index is 12.9. The van der Waals surface area contributed by atoms with Crippen LogP contribution < -0.4 is 5.32 Å². The summed E-state index contributed by atoms with van der Waals surface area (Å²) in [6.45, 7) is 5.67. The largest absolute Gasteiger partial charge is 0.349 e. The van der Waals surface area contributed by atoms with Gasteiger partial charge in [0, 0.05) is 23.7 Å². The Morgan fingerprint density at radius 3 is 2.70 bits per heavy atom. The quantitative estimate of drug-likeness (QED) is 0.694. The molecule has 2 aromatic heterocycles. The van der Waals surface area contributed by atoms with Crippen LogP contribution in [0.4, 0.5) is 5.69 Å². The number of nitrogens with one attached hydrogen (secondary N) is 2. The third-order valence-electron chi connectivity index (χ3n) is 5.14. The van der Waals surface area contributed by atoms with E-state index in [0.29, 0.717) is 11.3 Å². The third-order valence-corrected chi connectivity index (χ3v) is 6.20. The summed E-state index contributed by atoms with van der Waals surface area (Å²) in [6, 6.07) is 9.65. The van der Waals surface area contributed by atoms with E-state index in [1.807, 2.05) is 42.2 Å². The number of aromatic nitrogens is 1. The molecule has 0 saturated carbocycles. The number of aryl methyl sites for hydroxylation is 2. The summed E-state index contributed by atoms with van der Waals surface area (Å²) in [4.78, 5) is 31.8. The minimum Gasteiger partial charge on any atom is -0.349 e. The number of anilines is 1. The zero-order valence-corrected chi connectivity index (χ0v) is 16.4. The van der Waals surface area contributed by atoms with Gasteiger partial charge >= 0.3 is 0 Å². The number of para-hydroxylation sites is 1. The first-order valence-electron chi connectivity index (χ1n) is 9.39. The number of hydrogen-bond donors (Lipinski definition) is 2. The predicted molar refractivity (Wildman–Crippen MR) is 110 cm³/mol. The van der Waals surface area contributed by atoms with E-state index in [1.54, 1.807) is 11.3 Å². The van der Waals surface area contributed by atoms with Gasteiger partial charge in [-0.25, -0.2) is 0 Å². The van der Waals surface area contributed by atoms with Gasteiger partial charge in [-0.15, -0.1) is 11.3 Å². The molecule has 1 saturated heterocycles. The van der Waals surface area contributed by atoms with Crippen LogP contribution in [0.5, 0.6) is 0 Å². The lowest BCUT2D eigenvalue weighted by molar-refractivity contribution is 0.0794. The number of rotatable bonds is 4. The molecule has 1 aromatic carbocycles. The van der Waals surface area contributed by atoms with Gasteiger partial charge in [-0.05, 0) is 43.9 Å². The van der Waals surface area contributed by atoms with Crippen LogP contribution in [-0.4, -0.2) is 34.8 Å². The number of aromatic amines is 1. The van der Waals surface area contributed by atoms with Crippen molar-refractivity contribution in [2.75, 3.05) is 18.4 Å². The van der Waals surface area contributed by atoms with Crippen molar-refractivity contribution in [2.45, 2.75) is 33.1 Å². The summed E-state index contributed by atoms with van der Waals surface area (Å²) in [5.41, 5.74) is 3.90. The molecule has 0 bridgehead atoms. The fraction of sp³-hybridized carbons (Fsp3) is 0.333. The second-order valence-electron chi connectivity index (χ2n) is 6.92. The third kappa shape index (κ3) is 3.25. The molecular weight excluding hydrogens is 358 g/mol. The van der Waals surface area contributed by atoms with Crippen LogP contribution in [-0.2, 0) is 6.42 Å². The Hall–Kier alpha value is -2.60. The molecule has 140 valence electrons. The van der Waals surface area contributed by atoms with Crippen LogP contribution in [0.3, 0.4) is 0 Å². The number of nitrogens with zero attached hydrogens (tertiary/aromatic N) is 1. The van der Waals surface area contributed by atoms with Gasteiger partial charge < -0.3 is 15.2 Å². The van der Waals surface area contributed by atoms with Crippen LogP contribution in [0.15, 0.2) is 30.3 Å². The number of hydrogen-bond acceptors (Lipinski definition) is 3. The monoisotopic (exact) mass is 381 g/mol. The minimum atomic E-state index is -0.184. The van der Waals surface area contributed by atoms with Gasteiger partial charge in [0.05, 0.1) is 15.8 Å². The smallest absolute Gasteiger partial charge is 0.272 e. The molecule has 4 rings (SSSR count).